The first kappa shape index (κ1) is 12.3. The lowest BCUT2D eigenvalue weighted by Gasteiger charge is -2.31. The summed E-state index contributed by atoms with van der Waals surface area (Å²) in [5.41, 5.74) is 6.02. The molecule has 0 bridgehead atoms. The molecule has 0 aromatic rings. The molecule has 0 amide bonds. The maximum atomic E-state index is 6.02. The van der Waals surface area contributed by atoms with E-state index in [0.717, 1.165) is 19.1 Å². The van der Waals surface area contributed by atoms with Gasteiger partial charge in [-0.25, -0.2) is 0 Å². The summed E-state index contributed by atoms with van der Waals surface area (Å²) < 4.78 is 5.67. The van der Waals surface area contributed by atoms with Gasteiger partial charge >= 0.3 is 0 Å². The Morgan fingerprint density at radius 1 is 1.19 bits per heavy atom. The highest BCUT2D eigenvalue weighted by Gasteiger charge is 2.22. The molecule has 16 heavy (non-hydrogen) atoms. The van der Waals surface area contributed by atoms with E-state index in [0.29, 0.717) is 12.1 Å². The SMILES string of the molecule is CN(CC1CCCC(N)C1)CC1CCCO1. The number of ether oxygens (including phenoxy) is 1. The van der Waals surface area contributed by atoms with Crippen molar-refractivity contribution in [1.82, 2.24) is 4.90 Å². The molecule has 3 atom stereocenters. The van der Waals surface area contributed by atoms with Crippen molar-refractivity contribution in [3.05, 3.63) is 0 Å². The third-order valence-electron chi connectivity index (χ3n) is 3.93. The predicted octanol–water partition coefficient (Wildman–Crippen LogP) is 1.61. The van der Waals surface area contributed by atoms with Crippen LogP contribution in [0.3, 0.4) is 0 Å². The standard InChI is InChI=1S/C13H26N2O/c1-15(10-13-6-3-7-16-13)9-11-4-2-5-12(14)8-11/h11-13H,2-10,14H2,1H3. The van der Waals surface area contributed by atoms with Crippen LogP contribution in [0.15, 0.2) is 0 Å². The molecule has 3 heteroatoms. The van der Waals surface area contributed by atoms with Crippen LogP contribution in [0.1, 0.15) is 38.5 Å². The van der Waals surface area contributed by atoms with Crippen LogP contribution in [-0.2, 0) is 4.74 Å². The van der Waals surface area contributed by atoms with Crippen molar-refractivity contribution in [2.24, 2.45) is 11.7 Å². The van der Waals surface area contributed by atoms with Crippen LogP contribution in [0.4, 0.5) is 0 Å². The van der Waals surface area contributed by atoms with Gasteiger partial charge in [-0.3, -0.25) is 0 Å². The van der Waals surface area contributed by atoms with Gasteiger partial charge in [0.1, 0.15) is 0 Å². The molecule has 3 nitrogen and oxygen atoms in total. The number of rotatable bonds is 4. The zero-order chi connectivity index (χ0) is 11.4. The van der Waals surface area contributed by atoms with Crippen molar-refractivity contribution in [3.63, 3.8) is 0 Å². The van der Waals surface area contributed by atoms with Crippen molar-refractivity contribution < 1.29 is 4.74 Å². The Morgan fingerprint density at radius 2 is 2.06 bits per heavy atom. The van der Waals surface area contributed by atoms with Crippen molar-refractivity contribution in [2.75, 3.05) is 26.7 Å². The summed E-state index contributed by atoms with van der Waals surface area (Å²) in [6.07, 6.45) is 8.11. The van der Waals surface area contributed by atoms with Crippen LogP contribution in [0.2, 0.25) is 0 Å². The molecule has 1 aliphatic heterocycles. The van der Waals surface area contributed by atoms with E-state index in [-0.39, 0.29) is 0 Å². The minimum Gasteiger partial charge on any atom is -0.377 e. The Labute approximate surface area is 99.3 Å². The minimum absolute atomic E-state index is 0.454. The van der Waals surface area contributed by atoms with Crippen LogP contribution < -0.4 is 5.73 Å². The summed E-state index contributed by atoms with van der Waals surface area (Å²) in [5, 5.41) is 0. The molecule has 0 radical (unpaired) electrons. The summed E-state index contributed by atoms with van der Waals surface area (Å²) >= 11 is 0. The van der Waals surface area contributed by atoms with Gasteiger partial charge < -0.3 is 15.4 Å². The second-order valence-corrected chi connectivity index (χ2v) is 5.65. The molecule has 1 aliphatic carbocycles. The van der Waals surface area contributed by atoms with Gasteiger partial charge in [-0.05, 0) is 45.1 Å². The van der Waals surface area contributed by atoms with E-state index in [2.05, 4.69) is 11.9 Å². The fraction of sp³-hybridized carbons (Fsp3) is 1.00. The lowest BCUT2D eigenvalue weighted by Crippen LogP contribution is -2.37. The van der Waals surface area contributed by atoms with E-state index in [1.54, 1.807) is 0 Å². The van der Waals surface area contributed by atoms with E-state index in [1.807, 2.05) is 0 Å². The van der Waals surface area contributed by atoms with Crippen LogP contribution in [0.25, 0.3) is 0 Å². The van der Waals surface area contributed by atoms with Gasteiger partial charge in [0.2, 0.25) is 0 Å². The first-order chi connectivity index (χ1) is 7.74. The molecule has 1 heterocycles. The van der Waals surface area contributed by atoms with Gasteiger partial charge in [-0.2, -0.15) is 0 Å². The smallest absolute Gasteiger partial charge is 0.0702 e. The van der Waals surface area contributed by atoms with Crippen molar-refractivity contribution >= 4 is 0 Å². The molecule has 1 saturated heterocycles. The second kappa shape index (κ2) is 5.99. The fourth-order valence-electron chi connectivity index (χ4n) is 3.15. The number of likely N-dealkylation sites (N-methyl/N-ethyl adjacent to an activating group) is 1. The minimum atomic E-state index is 0.454. The zero-order valence-electron chi connectivity index (χ0n) is 10.5. The van der Waals surface area contributed by atoms with E-state index < -0.39 is 0 Å². The average Bonchev–Trinajstić information content (AvgIpc) is 2.70. The highest BCUT2D eigenvalue weighted by molar-refractivity contribution is 4.78. The van der Waals surface area contributed by atoms with Crippen LogP contribution >= 0.6 is 0 Å². The number of hydrogen-bond donors (Lipinski definition) is 1. The van der Waals surface area contributed by atoms with E-state index >= 15 is 0 Å². The molecule has 0 aromatic heterocycles. The molecular weight excluding hydrogens is 200 g/mol. The second-order valence-electron chi connectivity index (χ2n) is 5.65. The molecule has 2 rings (SSSR count). The van der Waals surface area contributed by atoms with Crippen LogP contribution in [0, 0.1) is 5.92 Å². The largest absolute Gasteiger partial charge is 0.377 e. The molecule has 1 saturated carbocycles. The summed E-state index contributed by atoms with van der Waals surface area (Å²) in [5.74, 6) is 0.815. The highest BCUT2D eigenvalue weighted by atomic mass is 16.5. The molecule has 0 aromatic carbocycles. The zero-order valence-corrected chi connectivity index (χ0v) is 10.5. The van der Waals surface area contributed by atoms with Crippen molar-refractivity contribution in [1.29, 1.82) is 0 Å². The summed E-state index contributed by atoms with van der Waals surface area (Å²) in [4.78, 5) is 2.44. The van der Waals surface area contributed by atoms with Gasteiger partial charge in [0, 0.05) is 25.7 Å². The van der Waals surface area contributed by atoms with Gasteiger partial charge in [-0.15, -0.1) is 0 Å². The van der Waals surface area contributed by atoms with E-state index in [4.69, 9.17) is 10.5 Å². The fourth-order valence-corrected chi connectivity index (χ4v) is 3.15. The lowest BCUT2D eigenvalue weighted by atomic mass is 9.86. The quantitative estimate of drug-likeness (QED) is 0.791. The Balaban J connectivity index is 1.67. The highest BCUT2D eigenvalue weighted by Crippen LogP contribution is 2.24. The first-order valence-electron chi connectivity index (χ1n) is 6.80. The third kappa shape index (κ3) is 3.72. The van der Waals surface area contributed by atoms with Gasteiger partial charge in [0.05, 0.1) is 6.10 Å². The number of nitrogens with zero attached hydrogens (tertiary/aromatic N) is 1. The Bertz CT molecular complexity index is 204. The normalized spacial score (nSPS) is 35.8. The summed E-state index contributed by atoms with van der Waals surface area (Å²) in [7, 11) is 2.22. The van der Waals surface area contributed by atoms with E-state index in [9.17, 15) is 0 Å². The Morgan fingerprint density at radius 3 is 2.75 bits per heavy atom. The Kier molecular flexibility index (Phi) is 4.62. The monoisotopic (exact) mass is 226 g/mol. The molecule has 3 unspecified atom stereocenters. The predicted molar refractivity (Wildman–Crippen MR) is 66.4 cm³/mol. The maximum absolute atomic E-state index is 6.02. The number of nitrogens with two attached hydrogens (primary N) is 1. The molecule has 0 spiro atoms. The molecule has 2 fully saturated rings. The lowest BCUT2D eigenvalue weighted by molar-refractivity contribution is 0.0737. The molecule has 94 valence electrons. The van der Waals surface area contributed by atoms with Gasteiger partial charge in [0.25, 0.3) is 0 Å². The van der Waals surface area contributed by atoms with Gasteiger partial charge in [-0.1, -0.05) is 6.42 Å². The third-order valence-corrected chi connectivity index (χ3v) is 3.93. The summed E-state index contributed by atoms with van der Waals surface area (Å²) in [6.45, 7) is 3.27. The Hall–Kier alpha value is -0.120. The molecule has 2 aliphatic rings. The van der Waals surface area contributed by atoms with E-state index in [1.165, 1.54) is 45.1 Å². The van der Waals surface area contributed by atoms with Crippen LogP contribution in [0.5, 0.6) is 0 Å². The number of hydrogen-bond acceptors (Lipinski definition) is 3. The van der Waals surface area contributed by atoms with Crippen molar-refractivity contribution in [2.45, 2.75) is 50.7 Å². The van der Waals surface area contributed by atoms with Crippen LogP contribution in [-0.4, -0.2) is 43.8 Å². The topological polar surface area (TPSA) is 38.5 Å². The maximum Gasteiger partial charge on any atom is 0.0702 e. The summed E-state index contributed by atoms with van der Waals surface area (Å²) in [6, 6.07) is 0.454. The molecule has 2 N–H and O–H groups in total. The molecular formula is C13H26N2O. The first-order valence-corrected chi connectivity index (χ1v) is 6.80. The van der Waals surface area contributed by atoms with Crippen molar-refractivity contribution in [3.8, 4) is 0 Å². The average molecular weight is 226 g/mol. The van der Waals surface area contributed by atoms with Gasteiger partial charge in [0.15, 0.2) is 0 Å².